The maximum absolute atomic E-state index is 5.61. The normalized spacial score (nSPS) is 19.7. The van der Waals surface area contributed by atoms with Crippen LogP contribution in [-0.2, 0) is 4.74 Å². The molecule has 18 heavy (non-hydrogen) atoms. The molecular formula is C10H18N6O2. The van der Waals surface area contributed by atoms with Crippen molar-refractivity contribution in [1.29, 1.82) is 0 Å². The van der Waals surface area contributed by atoms with E-state index in [0.29, 0.717) is 12.6 Å². The van der Waals surface area contributed by atoms with Crippen LogP contribution in [0.4, 0.5) is 11.9 Å². The second kappa shape index (κ2) is 5.78. The van der Waals surface area contributed by atoms with Crippen LogP contribution in [0.3, 0.4) is 0 Å². The molecule has 2 rings (SSSR count). The SMILES string of the molecule is CCC1CN(c2nc(NN)nc(OC)n2)CCO1. The van der Waals surface area contributed by atoms with Crippen molar-refractivity contribution in [2.24, 2.45) is 5.84 Å². The zero-order valence-corrected chi connectivity index (χ0v) is 10.6. The highest BCUT2D eigenvalue weighted by Gasteiger charge is 2.22. The summed E-state index contributed by atoms with van der Waals surface area (Å²) >= 11 is 0. The van der Waals surface area contributed by atoms with E-state index < -0.39 is 0 Å². The third-order valence-electron chi connectivity index (χ3n) is 2.79. The maximum atomic E-state index is 5.61. The number of hydrogen-bond donors (Lipinski definition) is 2. The van der Waals surface area contributed by atoms with Crippen LogP contribution >= 0.6 is 0 Å². The van der Waals surface area contributed by atoms with E-state index in [1.807, 2.05) is 4.90 Å². The minimum absolute atomic E-state index is 0.204. The average molecular weight is 254 g/mol. The molecule has 8 nitrogen and oxygen atoms in total. The summed E-state index contributed by atoms with van der Waals surface area (Å²) in [6, 6.07) is 0.243. The van der Waals surface area contributed by atoms with Crippen molar-refractivity contribution in [3.05, 3.63) is 0 Å². The number of nitrogen functional groups attached to an aromatic ring is 1. The van der Waals surface area contributed by atoms with E-state index in [0.717, 1.165) is 19.5 Å². The van der Waals surface area contributed by atoms with Gasteiger partial charge in [0.25, 0.3) is 0 Å². The van der Waals surface area contributed by atoms with E-state index in [4.69, 9.17) is 15.3 Å². The highest BCUT2D eigenvalue weighted by Crippen LogP contribution is 2.18. The molecule has 0 saturated carbocycles. The van der Waals surface area contributed by atoms with Crippen molar-refractivity contribution >= 4 is 11.9 Å². The van der Waals surface area contributed by atoms with Gasteiger partial charge in [-0.3, -0.25) is 5.43 Å². The number of hydrazine groups is 1. The van der Waals surface area contributed by atoms with E-state index >= 15 is 0 Å². The van der Waals surface area contributed by atoms with E-state index in [1.54, 1.807) is 0 Å². The zero-order valence-electron chi connectivity index (χ0n) is 10.6. The lowest BCUT2D eigenvalue weighted by Crippen LogP contribution is -2.43. The van der Waals surface area contributed by atoms with Crippen LogP contribution in [-0.4, -0.2) is 47.9 Å². The van der Waals surface area contributed by atoms with Gasteiger partial charge in [0.15, 0.2) is 0 Å². The van der Waals surface area contributed by atoms with Gasteiger partial charge in [-0.15, -0.1) is 0 Å². The number of methoxy groups -OCH3 is 1. The molecule has 1 aromatic heterocycles. The maximum Gasteiger partial charge on any atom is 0.322 e. The summed E-state index contributed by atoms with van der Waals surface area (Å²) in [5.74, 6) is 6.16. The van der Waals surface area contributed by atoms with E-state index in [9.17, 15) is 0 Å². The molecule has 1 atom stereocenters. The third kappa shape index (κ3) is 2.77. The Morgan fingerprint density at radius 2 is 2.33 bits per heavy atom. The summed E-state index contributed by atoms with van der Waals surface area (Å²) in [4.78, 5) is 14.5. The van der Waals surface area contributed by atoms with Gasteiger partial charge in [-0.2, -0.15) is 15.0 Å². The van der Waals surface area contributed by atoms with Gasteiger partial charge in [0.1, 0.15) is 0 Å². The molecule has 0 amide bonds. The summed E-state index contributed by atoms with van der Waals surface area (Å²) in [6.07, 6.45) is 1.16. The van der Waals surface area contributed by atoms with Gasteiger partial charge < -0.3 is 14.4 Å². The lowest BCUT2D eigenvalue weighted by molar-refractivity contribution is 0.0378. The highest BCUT2D eigenvalue weighted by molar-refractivity contribution is 5.38. The van der Waals surface area contributed by atoms with Crippen LogP contribution < -0.4 is 20.9 Å². The Bertz CT molecular complexity index is 380. The molecule has 1 aliphatic heterocycles. The predicted molar refractivity (Wildman–Crippen MR) is 66.4 cm³/mol. The zero-order chi connectivity index (χ0) is 13.0. The molecule has 100 valence electrons. The second-order valence-electron chi connectivity index (χ2n) is 3.94. The van der Waals surface area contributed by atoms with Gasteiger partial charge in [0.05, 0.1) is 19.8 Å². The molecule has 0 spiro atoms. The third-order valence-corrected chi connectivity index (χ3v) is 2.79. The van der Waals surface area contributed by atoms with Crippen molar-refractivity contribution in [3.8, 4) is 6.01 Å². The van der Waals surface area contributed by atoms with Crippen molar-refractivity contribution in [2.75, 3.05) is 37.1 Å². The Balaban J connectivity index is 2.20. The Morgan fingerprint density at radius 1 is 1.50 bits per heavy atom. The van der Waals surface area contributed by atoms with Crippen molar-refractivity contribution in [3.63, 3.8) is 0 Å². The van der Waals surface area contributed by atoms with Crippen molar-refractivity contribution in [1.82, 2.24) is 15.0 Å². The van der Waals surface area contributed by atoms with E-state index in [2.05, 4.69) is 27.3 Å². The standard InChI is InChI=1S/C10H18N6O2/c1-3-7-6-16(4-5-18-7)9-12-8(15-11)13-10(14-9)17-2/h7H,3-6,11H2,1-2H3,(H,12,13,14,15). The van der Waals surface area contributed by atoms with E-state index in [-0.39, 0.29) is 18.1 Å². The number of hydrogen-bond acceptors (Lipinski definition) is 8. The second-order valence-corrected chi connectivity index (χ2v) is 3.94. The number of nitrogens with two attached hydrogens (primary N) is 1. The van der Waals surface area contributed by atoms with Crippen LogP contribution in [0.5, 0.6) is 6.01 Å². The molecule has 3 N–H and O–H groups in total. The Kier molecular flexibility index (Phi) is 4.11. The van der Waals surface area contributed by atoms with Gasteiger partial charge in [-0.25, -0.2) is 5.84 Å². The molecule has 1 unspecified atom stereocenters. The van der Waals surface area contributed by atoms with Crippen LogP contribution in [0.1, 0.15) is 13.3 Å². The van der Waals surface area contributed by atoms with Crippen molar-refractivity contribution < 1.29 is 9.47 Å². The molecule has 0 bridgehead atoms. The topological polar surface area (TPSA) is 98.4 Å². The quantitative estimate of drug-likeness (QED) is 0.562. The number of anilines is 2. The fourth-order valence-corrected chi connectivity index (χ4v) is 1.79. The molecular weight excluding hydrogens is 236 g/mol. The largest absolute Gasteiger partial charge is 0.467 e. The summed E-state index contributed by atoms with van der Waals surface area (Å²) in [5, 5.41) is 0. The molecule has 0 radical (unpaired) electrons. The summed E-state index contributed by atoms with van der Waals surface area (Å²) < 4.78 is 10.6. The molecule has 0 aliphatic carbocycles. The predicted octanol–water partition coefficient (Wildman–Crippen LogP) is -0.219. The first-order chi connectivity index (χ1) is 8.76. The summed E-state index contributed by atoms with van der Waals surface area (Å²) in [7, 11) is 1.51. The Labute approximate surface area is 105 Å². The fraction of sp³-hybridized carbons (Fsp3) is 0.700. The number of nitrogens with one attached hydrogen (secondary N) is 1. The van der Waals surface area contributed by atoms with E-state index in [1.165, 1.54) is 7.11 Å². The smallest absolute Gasteiger partial charge is 0.322 e. The number of morpholine rings is 1. The lowest BCUT2D eigenvalue weighted by Gasteiger charge is -2.32. The molecule has 8 heteroatoms. The lowest BCUT2D eigenvalue weighted by atomic mass is 10.2. The number of ether oxygens (including phenoxy) is 2. The number of nitrogens with zero attached hydrogens (tertiary/aromatic N) is 4. The van der Waals surface area contributed by atoms with Crippen LogP contribution in [0.2, 0.25) is 0 Å². The first kappa shape index (κ1) is 12.8. The molecule has 1 saturated heterocycles. The number of rotatable bonds is 4. The van der Waals surface area contributed by atoms with Crippen LogP contribution in [0, 0.1) is 0 Å². The van der Waals surface area contributed by atoms with Crippen LogP contribution in [0.25, 0.3) is 0 Å². The van der Waals surface area contributed by atoms with Crippen molar-refractivity contribution in [2.45, 2.75) is 19.4 Å². The molecule has 0 aromatic carbocycles. The van der Waals surface area contributed by atoms with Gasteiger partial charge in [-0.1, -0.05) is 6.92 Å². The Morgan fingerprint density at radius 3 is 3.00 bits per heavy atom. The van der Waals surface area contributed by atoms with Gasteiger partial charge >= 0.3 is 6.01 Å². The van der Waals surface area contributed by atoms with Gasteiger partial charge in [0.2, 0.25) is 11.9 Å². The Hall–Kier alpha value is -1.67. The van der Waals surface area contributed by atoms with Gasteiger partial charge in [0, 0.05) is 13.1 Å². The van der Waals surface area contributed by atoms with Crippen LogP contribution in [0.15, 0.2) is 0 Å². The number of aromatic nitrogens is 3. The molecule has 1 aliphatic rings. The van der Waals surface area contributed by atoms with Gasteiger partial charge in [-0.05, 0) is 6.42 Å². The average Bonchev–Trinajstić information content (AvgIpc) is 2.46. The first-order valence-corrected chi connectivity index (χ1v) is 5.90. The molecule has 2 heterocycles. The monoisotopic (exact) mass is 254 g/mol. The first-order valence-electron chi connectivity index (χ1n) is 5.90. The molecule has 1 aromatic rings. The minimum Gasteiger partial charge on any atom is -0.467 e. The summed E-state index contributed by atoms with van der Waals surface area (Å²) in [5.41, 5.74) is 2.41. The molecule has 1 fully saturated rings. The highest BCUT2D eigenvalue weighted by atomic mass is 16.5. The fourth-order valence-electron chi connectivity index (χ4n) is 1.79. The summed E-state index contributed by atoms with van der Waals surface area (Å²) in [6.45, 7) is 4.26. The minimum atomic E-state index is 0.204.